The maximum atomic E-state index is 14.8. The van der Waals surface area contributed by atoms with Gasteiger partial charge in [-0.3, -0.25) is 29.6 Å². The number of sulfonamides is 1. The number of benzene rings is 4. The fourth-order valence-electron chi connectivity index (χ4n) is 12.6. The topological polar surface area (TPSA) is 208 Å². The molecule has 6 aromatic rings. The summed E-state index contributed by atoms with van der Waals surface area (Å²) < 4.78 is 63.0. The summed E-state index contributed by atoms with van der Waals surface area (Å²) in [5.41, 5.74) is 3.87. The molecule has 2 aliphatic carbocycles. The number of carbonyl (C=O) groups excluding carboxylic acids is 1. The van der Waals surface area contributed by atoms with E-state index in [0.717, 1.165) is 101 Å². The van der Waals surface area contributed by atoms with Crippen LogP contribution >= 0.6 is 0 Å². The van der Waals surface area contributed by atoms with Crippen LogP contribution in [-0.2, 0) is 16.6 Å². The quantitative estimate of drug-likeness (QED) is 0.0467. The second-order valence-electron chi connectivity index (χ2n) is 23.3. The molecule has 5 fully saturated rings. The van der Waals surface area contributed by atoms with Crippen molar-refractivity contribution in [2.45, 2.75) is 100 Å². The maximum Gasteiger partial charge on any atom is 0.293 e. The van der Waals surface area contributed by atoms with Gasteiger partial charge in [-0.25, -0.2) is 22.5 Å². The van der Waals surface area contributed by atoms with E-state index in [1.807, 2.05) is 6.07 Å². The van der Waals surface area contributed by atoms with Crippen LogP contribution in [0, 0.1) is 27.3 Å². The van der Waals surface area contributed by atoms with Crippen molar-refractivity contribution in [2.24, 2.45) is 11.3 Å². The average molecular weight is 1100 g/mol. The van der Waals surface area contributed by atoms with Gasteiger partial charge < -0.3 is 34.5 Å². The minimum Gasteiger partial charge on any atom is -0.493 e. The van der Waals surface area contributed by atoms with Gasteiger partial charge in [-0.2, -0.15) is 0 Å². The Morgan fingerprint density at radius 2 is 1.75 bits per heavy atom. The van der Waals surface area contributed by atoms with Crippen LogP contribution in [0.25, 0.3) is 11.0 Å². The number of pyridine rings is 1. The number of aliphatic hydroxyl groups is 1. The Bertz CT molecular complexity index is 3360. The highest BCUT2D eigenvalue weighted by Crippen LogP contribution is 2.54. The average Bonchev–Trinajstić information content (AvgIpc) is 3.97. The number of hydrogen-bond acceptors (Lipinski definition) is 15. The molecule has 0 unspecified atom stereocenters. The highest BCUT2D eigenvalue weighted by molar-refractivity contribution is 7.90. The Hall–Kier alpha value is -6.84. The molecule has 79 heavy (non-hydrogen) atoms. The number of likely N-dealkylation sites (N-methyl/N-ethyl adjacent to an activating group) is 1. The summed E-state index contributed by atoms with van der Waals surface area (Å²) in [4.78, 5) is 42.0. The number of halogens is 1. The van der Waals surface area contributed by atoms with Crippen molar-refractivity contribution in [3.05, 3.63) is 136 Å². The molecule has 0 radical (unpaired) electrons. The number of aromatic amines is 1. The number of piperazine rings is 1. The van der Waals surface area contributed by atoms with Crippen LogP contribution in [0.4, 0.5) is 21.5 Å². The molecule has 418 valence electrons. The molecular weight excluding hydrogens is 1030 g/mol. The van der Waals surface area contributed by atoms with Gasteiger partial charge in [-0.15, -0.1) is 0 Å². The predicted molar refractivity (Wildman–Crippen MR) is 299 cm³/mol. The summed E-state index contributed by atoms with van der Waals surface area (Å²) in [6.07, 6.45) is 7.49. The minimum absolute atomic E-state index is 0.0124. The molecule has 5 heterocycles. The Labute approximate surface area is 460 Å². The van der Waals surface area contributed by atoms with Gasteiger partial charge in [0, 0.05) is 100 Å². The molecule has 20 heteroatoms. The molecule has 3 saturated heterocycles. The number of anilines is 2. The van der Waals surface area contributed by atoms with Crippen molar-refractivity contribution < 1.29 is 41.8 Å². The van der Waals surface area contributed by atoms with Crippen molar-refractivity contribution in [2.75, 3.05) is 76.7 Å². The third-order valence-corrected chi connectivity index (χ3v) is 18.4. The van der Waals surface area contributed by atoms with Crippen LogP contribution in [0.5, 0.6) is 23.0 Å². The lowest BCUT2D eigenvalue weighted by Crippen LogP contribution is -2.68. The highest BCUT2D eigenvalue weighted by atomic mass is 32.2. The van der Waals surface area contributed by atoms with Crippen LogP contribution in [-0.4, -0.2) is 133 Å². The van der Waals surface area contributed by atoms with Gasteiger partial charge >= 0.3 is 0 Å². The molecular formula is C59H70FN9O9S. The number of aromatic nitrogens is 2. The first-order chi connectivity index (χ1) is 37.8. The fraction of sp³-hybridized carbons (Fsp3) is 0.458. The van der Waals surface area contributed by atoms with Gasteiger partial charge in [0.15, 0.2) is 11.5 Å². The molecule has 11 rings (SSSR count). The Balaban J connectivity index is 0.783. The molecule has 3 aliphatic heterocycles. The summed E-state index contributed by atoms with van der Waals surface area (Å²) in [5.74, 6) is 0.629. The molecule has 4 N–H and O–H groups in total. The molecule has 1 amide bonds. The molecule has 0 bridgehead atoms. The second-order valence-corrected chi connectivity index (χ2v) is 25.0. The molecule has 4 aromatic carbocycles. The molecule has 5 aliphatic rings. The summed E-state index contributed by atoms with van der Waals surface area (Å²) in [5, 5.41) is 25.9. The SMILES string of the molecule is COc1cc(CN2CCN(C3CC4(C3)CN(c3ccc(C(=O)NS(=O)(=O)c5ccc(NCC6CCC(C)(O)CC6)c([N+](=O)[O-])c5)c(Oc5cnc6[nH]cc(F)c6c5)c3)C4)[C@H](c3ccccc3C(C)C)C2)ccc1OC1CN(C)C1. The van der Waals surface area contributed by atoms with Crippen molar-refractivity contribution in [1.29, 1.82) is 0 Å². The van der Waals surface area contributed by atoms with E-state index in [0.29, 0.717) is 37.0 Å². The Kier molecular flexibility index (Phi) is 14.8. The highest BCUT2D eigenvalue weighted by Gasteiger charge is 2.55. The Morgan fingerprint density at radius 1 is 0.975 bits per heavy atom. The van der Waals surface area contributed by atoms with E-state index >= 15 is 0 Å². The number of rotatable bonds is 18. The zero-order chi connectivity index (χ0) is 55.4. The lowest BCUT2D eigenvalue weighted by molar-refractivity contribution is -0.384. The van der Waals surface area contributed by atoms with Crippen LogP contribution in [0.15, 0.2) is 102 Å². The predicted octanol–water partition coefficient (Wildman–Crippen LogP) is 9.23. The van der Waals surface area contributed by atoms with E-state index in [2.05, 4.69) is 96.9 Å². The number of ether oxygens (including phenoxy) is 3. The van der Waals surface area contributed by atoms with E-state index in [9.17, 15) is 32.8 Å². The van der Waals surface area contributed by atoms with Crippen LogP contribution in [0.3, 0.4) is 0 Å². The fourth-order valence-corrected chi connectivity index (χ4v) is 13.6. The van der Waals surface area contributed by atoms with Crippen LogP contribution in [0.1, 0.15) is 98.3 Å². The number of amides is 1. The zero-order valence-corrected chi connectivity index (χ0v) is 46.2. The van der Waals surface area contributed by atoms with E-state index in [-0.39, 0.29) is 51.6 Å². The normalized spacial score (nSPS) is 22.1. The lowest BCUT2D eigenvalue weighted by atomic mass is 9.59. The number of methoxy groups -OCH3 is 1. The minimum atomic E-state index is -4.65. The van der Waals surface area contributed by atoms with E-state index in [1.54, 1.807) is 26.2 Å². The molecule has 2 saturated carbocycles. The van der Waals surface area contributed by atoms with E-state index in [1.165, 1.54) is 53.3 Å². The third kappa shape index (κ3) is 11.5. The molecule has 18 nitrogen and oxygen atoms in total. The molecule has 2 aromatic heterocycles. The van der Waals surface area contributed by atoms with Crippen LogP contribution in [0.2, 0.25) is 0 Å². The van der Waals surface area contributed by atoms with Gasteiger partial charge in [0.25, 0.3) is 21.6 Å². The largest absolute Gasteiger partial charge is 0.493 e. The zero-order valence-electron chi connectivity index (χ0n) is 45.4. The van der Waals surface area contributed by atoms with Gasteiger partial charge in [0.1, 0.15) is 34.8 Å². The van der Waals surface area contributed by atoms with Crippen molar-refractivity contribution in [3.63, 3.8) is 0 Å². The van der Waals surface area contributed by atoms with Crippen LogP contribution < -0.4 is 29.1 Å². The van der Waals surface area contributed by atoms with Crippen molar-refractivity contribution in [3.8, 4) is 23.0 Å². The van der Waals surface area contributed by atoms with Gasteiger partial charge in [0.05, 0.1) is 39.7 Å². The number of hydrogen-bond donors (Lipinski definition) is 4. The second kappa shape index (κ2) is 21.7. The summed E-state index contributed by atoms with van der Waals surface area (Å²) >= 11 is 0. The van der Waals surface area contributed by atoms with Crippen molar-refractivity contribution >= 4 is 44.0 Å². The summed E-state index contributed by atoms with van der Waals surface area (Å²) in [6.45, 7) is 13.6. The third-order valence-electron chi connectivity index (χ3n) is 17.0. The summed E-state index contributed by atoms with van der Waals surface area (Å²) in [7, 11) is -0.865. The Morgan fingerprint density at radius 3 is 2.48 bits per heavy atom. The number of nitro benzene ring substituents is 1. The first kappa shape index (κ1) is 54.1. The maximum absolute atomic E-state index is 14.8. The monoisotopic (exact) mass is 1100 g/mol. The lowest BCUT2D eigenvalue weighted by Gasteiger charge is -2.63. The van der Waals surface area contributed by atoms with Gasteiger partial charge in [-0.05, 0) is 123 Å². The van der Waals surface area contributed by atoms with Gasteiger partial charge in [-0.1, -0.05) is 44.2 Å². The number of nitro groups is 1. The number of H-pyrrole nitrogens is 1. The first-order valence-corrected chi connectivity index (χ1v) is 28.9. The molecule has 1 atom stereocenters. The number of likely N-dealkylation sites (tertiary alicyclic amines) is 1. The summed E-state index contributed by atoms with van der Waals surface area (Å²) in [6, 6.07) is 25.6. The standard InChI is InChI=1S/C59H70FN9O9S/c1-37(2)45-8-6-7-9-46(45)52-34-66(31-39-10-15-53(55(22-39)76-5)78-43-32-65(4)33-43)20-21-68(52)41-26-59(27-41)35-67(36-59)40-11-13-47(54(23-40)77-42-24-48-49(60)30-63-56(48)62-29-42)57(70)64-79(74,75)44-12-14-50(51(25-44)69(72)73)61-28-38-16-18-58(3,71)19-17-38/h6-15,22-25,29-30,37-38,41,43,52,61,71H,16-21,26-28,31-36H2,1-5H3,(H,62,63)(H,64,70)/t38?,52-,58?/m0/s1. The van der Waals surface area contributed by atoms with E-state index in [4.69, 9.17) is 14.2 Å². The van der Waals surface area contributed by atoms with Gasteiger partial charge in [0.2, 0.25) is 0 Å². The molecule has 1 spiro atoms. The number of fused-ring (bicyclic) bond motifs is 1. The number of nitrogens with zero attached hydrogens (tertiary/aromatic N) is 6. The smallest absolute Gasteiger partial charge is 0.293 e. The number of carbonyl (C=O) groups is 1. The number of nitrogens with one attached hydrogen (secondary N) is 3. The van der Waals surface area contributed by atoms with E-state index < -0.39 is 42.9 Å². The first-order valence-electron chi connectivity index (χ1n) is 27.4. The van der Waals surface area contributed by atoms with Crippen molar-refractivity contribution in [1.82, 2.24) is 29.4 Å².